The van der Waals surface area contributed by atoms with Crippen LogP contribution in [-0.4, -0.2) is 77.3 Å². The Balaban J connectivity index is 2.02. The van der Waals surface area contributed by atoms with E-state index in [-0.39, 0.29) is 25.5 Å². The molecular weight excluding hydrogens is 295 g/mol. The van der Waals surface area contributed by atoms with Gasteiger partial charge in [-0.25, -0.2) is 4.99 Å². The highest BCUT2D eigenvalue weighted by Crippen LogP contribution is 2.22. The molecule has 0 aliphatic carbocycles. The molecule has 0 saturated carbocycles. The Hall–Kier alpha value is -1.23. The summed E-state index contributed by atoms with van der Waals surface area (Å²) in [6.45, 7) is -0.631. The van der Waals surface area contributed by atoms with E-state index in [2.05, 4.69) is 15.3 Å². The molecule has 4 atom stereocenters. The molecule has 2 aliphatic rings. The highest BCUT2D eigenvalue weighted by atomic mass is 19.4. The number of alkyl halides is 3. The first-order valence-electron chi connectivity index (χ1n) is 6.37. The Morgan fingerprint density at radius 2 is 2.00 bits per heavy atom. The van der Waals surface area contributed by atoms with E-state index in [1.807, 2.05) is 0 Å². The van der Waals surface area contributed by atoms with Crippen LogP contribution < -0.4 is 5.32 Å². The second kappa shape index (κ2) is 6.26. The summed E-state index contributed by atoms with van der Waals surface area (Å²) in [5, 5.41) is 31.0. The summed E-state index contributed by atoms with van der Waals surface area (Å²) in [6.07, 6.45) is -8.42. The standard InChI is InChI=1S/C11H16F3N3O4/c12-11(13,14)7-1-2-15-10(17-7)16-5-4-21-6(3-18)9(20)8(5)19/h5-6,8-9,18-20H,1-4H2,(H,15,16)/t5-,6-,8-,9+/m1/s1. The number of hydrogen-bond acceptors (Lipinski definition) is 7. The molecule has 2 aliphatic heterocycles. The van der Waals surface area contributed by atoms with E-state index in [0.29, 0.717) is 0 Å². The summed E-state index contributed by atoms with van der Waals surface area (Å²) in [4.78, 5) is 7.18. The quantitative estimate of drug-likeness (QED) is 0.514. The largest absolute Gasteiger partial charge is 0.429 e. The van der Waals surface area contributed by atoms with E-state index in [1.165, 1.54) is 0 Å². The number of rotatable bonds is 2. The van der Waals surface area contributed by atoms with Crippen LogP contribution in [0.5, 0.6) is 0 Å². The van der Waals surface area contributed by atoms with E-state index in [1.54, 1.807) is 0 Å². The molecule has 10 heteroatoms. The lowest BCUT2D eigenvalue weighted by Gasteiger charge is -2.37. The molecule has 2 rings (SSSR count). The van der Waals surface area contributed by atoms with Gasteiger partial charge in [-0.05, 0) is 0 Å². The molecule has 0 amide bonds. The maximum Gasteiger partial charge on any atom is 0.429 e. The van der Waals surface area contributed by atoms with Gasteiger partial charge in [0.15, 0.2) is 0 Å². The smallest absolute Gasteiger partial charge is 0.394 e. The van der Waals surface area contributed by atoms with Crippen LogP contribution >= 0.6 is 0 Å². The third kappa shape index (κ3) is 3.70. The molecule has 0 aromatic carbocycles. The van der Waals surface area contributed by atoms with Crippen molar-refractivity contribution in [3.63, 3.8) is 0 Å². The van der Waals surface area contributed by atoms with Crippen LogP contribution in [0, 0.1) is 0 Å². The number of aliphatic hydroxyl groups is 3. The molecule has 7 nitrogen and oxygen atoms in total. The van der Waals surface area contributed by atoms with Crippen LogP contribution in [0.3, 0.4) is 0 Å². The van der Waals surface area contributed by atoms with Crippen molar-refractivity contribution in [3.05, 3.63) is 0 Å². The van der Waals surface area contributed by atoms with Crippen LogP contribution in [-0.2, 0) is 4.74 Å². The first-order valence-corrected chi connectivity index (χ1v) is 6.37. The zero-order valence-electron chi connectivity index (χ0n) is 10.9. The van der Waals surface area contributed by atoms with E-state index >= 15 is 0 Å². The number of guanidine groups is 1. The van der Waals surface area contributed by atoms with Gasteiger partial charge in [0.05, 0.1) is 19.3 Å². The average molecular weight is 311 g/mol. The fourth-order valence-corrected chi connectivity index (χ4v) is 2.11. The van der Waals surface area contributed by atoms with Crippen molar-refractivity contribution < 1.29 is 33.2 Å². The first-order chi connectivity index (χ1) is 9.82. The molecule has 21 heavy (non-hydrogen) atoms. The SMILES string of the molecule is OC[C@H]1OC[C@@H](NC2=NCCC(C(F)(F)F)=N2)[C@@H](O)[C@H]1O. The van der Waals surface area contributed by atoms with Crippen molar-refractivity contribution in [2.24, 2.45) is 9.98 Å². The third-order valence-corrected chi connectivity index (χ3v) is 3.31. The monoisotopic (exact) mass is 311 g/mol. The Labute approximate surface area is 118 Å². The summed E-state index contributed by atoms with van der Waals surface area (Å²) in [5.41, 5.74) is -0.944. The predicted octanol–water partition coefficient (Wildman–Crippen LogP) is -1.18. The number of ether oxygens (including phenoxy) is 1. The third-order valence-electron chi connectivity index (χ3n) is 3.31. The topological polar surface area (TPSA) is 107 Å². The lowest BCUT2D eigenvalue weighted by atomic mass is 9.98. The van der Waals surface area contributed by atoms with E-state index in [9.17, 15) is 23.4 Å². The Kier molecular flexibility index (Phi) is 4.81. The van der Waals surface area contributed by atoms with Gasteiger partial charge in [-0.2, -0.15) is 13.2 Å². The minimum atomic E-state index is -4.52. The molecule has 120 valence electrons. The Bertz CT molecular complexity index is 441. The van der Waals surface area contributed by atoms with Gasteiger partial charge < -0.3 is 25.4 Å². The van der Waals surface area contributed by atoms with Crippen LogP contribution in [0.1, 0.15) is 6.42 Å². The van der Waals surface area contributed by atoms with Crippen LogP contribution in [0.2, 0.25) is 0 Å². The minimum absolute atomic E-state index is 0.0633. The zero-order valence-corrected chi connectivity index (χ0v) is 10.9. The molecule has 1 saturated heterocycles. The highest BCUT2D eigenvalue weighted by Gasteiger charge is 2.40. The van der Waals surface area contributed by atoms with Crippen LogP contribution in [0.25, 0.3) is 0 Å². The highest BCUT2D eigenvalue weighted by molar-refractivity contribution is 6.01. The van der Waals surface area contributed by atoms with Crippen molar-refractivity contribution in [1.29, 1.82) is 0 Å². The van der Waals surface area contributed by atoms with Gasteiger partial charge in [-0.15, -0.1) is 0 Å². The second-order valence-corrected chi connectivity index (χ2v) is 4.80. The van der Waals surface area contributed by atoms with Crippen LogP contribution in [0.15, 0.2) is 9.98 Å². The van der Waals surface area contributed by atoms with Gasteiger partial charge in [0.2, 0.25) is 5.96 Å². The summed E-state index contributed by atoms with van der Waals surface area (Å²) in [7, 11) is 0. The maximum absolute atomic E-state index is 12.6. The predicted molar refractivity (Wildman–Crippen MR) is 66.2 cm³/mol. The van der Waals surface area contributed by atoms with Gasteiger partial charge in [-0.1, -0.05) is 0 Å². The van der Waals surface area contributed by atoms with Gasteiger partial charge >= 0.3 is 6.18 Å². The normalized spacial score (nSPS) is 34.2. The van der Waals surface area contributed by atoms with E-state index < -0.39 is 42.8 Å². The molecule has 0 radical (unpaired) electrons. The molecular formula is C11H16F3N3O4. The number of hydrogen-bond donors (Lipinski definition) is 4. The molecule has 4 N–H and O–H groups in total. The van der Waals surface area contributed by atoms with Gasteiger partial charge in [0.1, 0.15) is 24.0 Å². The number of halogens is 3. The number of aliphatic hydroxyl groups excluding tert-OH is 3. The summed E-state index contributed by atoms with van der Waals surface area (Å²) in [6, 6.07) is -0.863. The molecule has 1 fully saturated rings. The lowest BCUT2D eigenvalue weighted by Crippen LogP contribution is -2.60. The van der Waals surface area contributed by atoms with Crippen molar-refractivity contribution >= 4 is 11.7 Å². The van der Waals surface area contributed by atoms with Gasteiger partial charge in [0.25, 0.3) is 0 Å². The van der Waals surface area contributed by atoms with E-state index in [4.69, 9.17) is 9.84 Å². The lowest BCUT2D eigenvalue weighted by molar-refractivity contribution is -0.159. The Morgan fingerprint density at radius 3 is 2.62 bits per heavy atom. The number of aliphatic imine (C=N–C) groups is 2. The molecule has 0 aromatic heterocycles. The van der Waals surface area contributed by atoms with Crippen molar-refractivity contribution in [2.45, 2.75) is 37.0 Å². The van der Waals surface area contributed by atoms with Crippen LogP contribution in [0.4, 0.5) is 13.2 Å². The molecule has 0 bridgehead atoms. The van der Waals surface area contributed by atoms with Gasteiger partial charge in [0, 0.05) is 13.0 Å². The zero-order chi connectivity index (χ0) is 15.6. The average Bonchev–Trinajstić information content (AvgIpc) is 2.44. The Morgan fingerprint density at radius 1 is 1.29 bits per heavy atom. The summed E-state index contributed by atoms with van der Waals surface area (Å²) < 4.78 is 42.8. The summed E-state index contributed by atoms with van der Waals surface area (Å²) in [5.74, 6) is -0.254. The fourth-order valence-electron chi connectivity index (χ4n) is 2.11. The minimum Gasteiger partial charge on any atom is -0.394 e. The number of nitrogens with zero attached hydrogens (tertiary/aromatic N) is 2. The second-order valence-electron chi connectivity index (χ2n) is 4.80. The molecule has 0 unspecified atom stereocenters. The summed E-state index contributed by atoms with van der Waals surface area (Å²) >= 11 is 0. The maximum atomic E-state index is 12.6. The number of nitrogens with one attached hydrogen (secondary N) is 1. The molecule has 0 aromatic rings. The van der Waals surface area contributed by atoms with E-state index in [0.717, 1.165) is 0 Å². The van der Waals surface area contributed by atoms with Gasteiger partial charge in [-0.3, -0.25) is 4.99 Å². The van der Waals surface area contributed by atoms with Crippen molar-refractivity contribution in [2.75, 3.05) is 19.8 Å². The molecule has 2 heterocycles. The molecule has 0 spiro atoms. The van der Waals surface area contributed by atoms with Crippen molar-refractivity contribution in [3.8, 4) is 0 Å². The van der Waals surface area contributed by atoms with Crippen molar-refractivity contribution in [1.82, 2.24) is 5.32 Å². The first kappa shape index (κ1) is 16.1. The fraction of sp³-hybridized carbons (Fsp3) is 0.818.